The molecule has 0 spiro atoms. The maximum atomic E-state index is 5.90. The number of anilines is 2. The predicted molar refractivity (Wildman–Crippen MR) is 66.7 cm³/mol. The fraction of sp³-hybridized carbons (Fsp3) is 0.636. The van der Waals surface area contributed by atoms with Crippen LogP contribution in [-0.4, -0.2) is 23.1 Å². The maximum Gasteiger partial charge on any atom is 0.157 e. The molecular formula is C11H17ClN4. The van der Waals surface area contributed by atoms with Gasteiger partial charge in [0.2, 0.25) is 0 Å². The highest BCUT2D eigenvalue weighted by Gasteiger charge is 2.28. The van der Waals surface area contributed by atoms with E-state index in [9.17, 15) is 0 Å². The van der Waals surface area contributed by atoms with E-state index in [4.69, 9.17) is 17.3 Å². The Morgan fingerprint density at radius 2 is 2.19 bits per heavy atom. The molecule has 4 nitrogen and oxygen atoms in total. The van der Waals surface area contributed by atoms with Crippen LogP contribution in [0, 0.1) is 5.41 Å². The van der Waals surface area contributed by atoms with Crippen LogP contribution < -0.4 is 10.6 Å². The van der Waals surface area contributed by atoms with E-state index in [2.05, 4.69) is 28.7 Å². The smallest absolute Gasteiger partial charge is 0.157 e. The molecule has 2 N–H and O–H groups in total. The van der Waals surface area contributed by atoms with E-state index >= 15 is 0 Å². The van der Waals surface area contributed by atoms with Crippen molar-refractivity contribution >= 4 is 23.1 Å². The van der Waals surface area contributed by atoms with Crippen molar-refractivity contribution in [3.63, 3.8) is 0 Å². The lowest BCUT2D eigenvalue weighted by Gasteiger charge is -2.39. The third-order valence-corrected chi connectivity index (χ3v) is 3.32. The molecule has 0 amide bonds. The summed E-state index contributed by atoms with van der Waals surface area (Å²) in [5.41, 5.74) is 6.70. The van der Waals surface area contributed by atoms with Crippen LogP contribution in [0.2, 0.25) is 5.15 Å². The predicted octanol–water partition coefficient (Wildman–Crippen LogP) is 2.34. The molecule has 5 heteroatoms. The highest BCUT2D eigenvalue weighted by molar-refractivity contribution is 6.32. The molecule has 1 fully saturated rings. The molecule has 88 valence electrons. The number of nitrogen functional groups attached to an aromatic ring is 1. The van der Waals surface area contributed by atoms with Crippen LogP contribution in [0.15, 0.2) is 6.33 Å². The lowest BCUT2D eigenvalue weighted by atomic mass is 9.84. The van der Waals surface area contributed by atoms with Gasteiger partial charge in [0.05, 0.1) is 0 Å². The van der Waals surface area contributed by atoms with E-state index in [-0.39, 0.29) is 0 Å². The van der Waals surface area contributed by atoms with Gasteiger partial charge in [0.25, 0.3) is 0 Å². The Labute approximate surface area is 101 Å². The van der Waals surface area contributed by atoms with Gasteiger partial charge in [0.1, 0.15) is 12.0 Å². The summed E-state index contributed by atoms with van der Waals surface area (Å²) in [6, 6.07) is 0. The third kappa shape index (κ3) is 2.21. The first-order chi connectivity index (χ1) is 7.49. The molecule has 0 atom stereocenters. The molecule has 2 rings (SSSR count). The largest absolute Gasteiger partial charge is 0.393 e. The summed E-state index contributed by atoms with van der Waals surface area (Å²) in [5, 5.41) is 0.341. The van der Waals surface area contributed by atoms with E-state index in [0.717, 1.165) is 25.3 Å². The summed E-state index contributed by atoms with van der Waals surface area (Å²) in [6.07, 6.45) is 3.87. The standard InChI is InChI=1S/C11H17ClN4/c1-11(2)4-3-5-16(6-11)10-8(13)9(12)14-7-15-10/h7H,3-6,13H2,1-2H3. The molecule has 16 heavy (non-hydrogen) atoms. The van der Waals surface area contributed by atoms with Gasteiger partial charge < -0.3 is 10.6 Å². The first kappa shape index (κ1) is 11.5. The fourth-order valence-electron chi connectivity index (χ4n) is 2.22. The Balaban J connectivity index is 2.27. The number of hydrogen-bond acceptors (Lipinski definition) is 4. The number of rotatable bonds is 1. The van der Waals surface area contributed by atoms with Crippen molar-refractivity contribution < 1.29 is 0 Å². The molecule has 0 unspecified atom stereocenters. The average molecular weight is 241 g/mol. The Kier molecular flexibility index (Phi) is 2.93. The van der Waals surface area contributed by atoms with E-state index in [1.165, 1.54) is 12.7 Å². The molecule has 1 aliphatic heterocycles. The molecule has 0 bridgehead atoms. The van der Waals surface area contributed by atoms with Crippen molar-refractivity contribution in [2.24, 2.45) is 5.41 Å². The minimum atomic E-state index is 0.308. The van der Waals surface area contributed by atoms with Crippen molar-refractivity contribution in [3.8, 4) is 0 Å². The zero-order chi connectivity index (χ0) is 11.8. The lowest BCUT2D eigenvalue weighted by molar-refractivity contribution is 0.292. The Morgan fingerprint density at radius 1 is 1.44 bits per heavy atom. The first-order valence-electron chi connectivity index (χ1n) is 5.50. The van der Waals surface area contributed by atoms with Gasteiger partial charge in [0.15, 0.2) is 11.0 Å². The number of nitrogens with two attached hydrogens (primary N) is 1. The van der Waals surface area contributed by atoms with Crippen LogP contribution in [0.4, 0.5) is 11.5 Å². The Bertz CT molecular complexity index is 392. The average Bonchev–Trinajstić information content (AvgIpc) is 2.20. The molecular weight excluding hydrogens is 224 g/mol. The van der Waals surface area contributed by atoms with Gasteiger partial charge in [-0.15, -0.1) is 0 Å². The normalized spacial score (nSPS) is 19.8. The number of aromatic nitrogens is 2. The summed E-state index contributed by atoms with van der Waals surface area (Å²) in [7, 11) is 0. The minimum Gasteiger partial charge on any atom is -0.393 e. The topological polar surface area (TPSA) is 55.0 Å². The van der Waals surface area contributed by atoms with Crippen molar-refractivity contribution in [2.75, 3.05) is 23.7 Å². The number of halogens is 1. The summed E-state index contributed by atoms with van der Waals surface area (Å²) in [4.78, 5) is 10.3. The number of piperidine rings is 1. The van der Waals surface area contributed by atoms with Gasteiger partial charge in [-0.1, -0.05) is 25.4 Å². The van der Waals surface area contributed by atoms with E-state index in [1.807, 2.05) is 0 Å². The highest BCUT2D eigenvalue weighted by atomic mass is 35.5. The second-order valence-electron chi connectivity index (χ2n) is 5.09. The van der Waals surface area contributed by atoms with Gasteiger partial charge in [-0.2, -0.15) is 0 Å². The van der Waals surface area contributed by atoms with E-state index in [1.54, 1.807) is 0 Å². The van der Waals surface area contributed by atoms with E-state index < -0.39 is 0 Å². The quantitative estimate of drug-likeness (QED) is 0.766. The van der Waals surface area contributed by atoms with Crippen LogP contribution in [0.5, 0.6) is 0 Å². The van der Waals surface area contributed by atoms with Gasteiger partial charge in [-0.25, -0.2) is 9.97 Å². The molecule has 2 heterocycles. The first-order valence-corrected chi connectivity index (χ1v) is 5.88. The highest BCUT2D eigenvalue weighted by Crippen LogP contribution is 2.34. The van der Waals surface area contributed by atoms with Crippen molar-refractivity contribution in [3.05, 3.63) is 11.5 Å². The molecule has 0 radical (unpaired) electrons. The lowest BCUT2D eigenvalue weighted by Crippen LogP contribution is -2.40. The van der Waals surface area contributed by atoms with Crippen LogP contribution in [0.3, 0.4) is 0 Å². The van der Waals surface area contributed by atoms with Crippen molar-refractivity contribution in [1.29, 1.82) is 0 Å². The molecule has 0 aliphatic carbocycles. The van der Waals surface area contributed by atoms with Crippen LogP contribution >= 0.6 is 11.6 Å². The SMILES string of the molecule is CC1(C)CCCN(c2ncnc(Cl)c2N)C1. The second-order valence-corrected chi connectivity index (χ2v) is 5.45. The minimum absolute atomic E-state index is 0.308. The molecule has 0 saturated carbocycles. The number of nitrogens with zero attached hydrogens (tertiary/aromatic N) is 3. The number of hydrogen-bond donors (Lipinski definition) is 1. The fourth-order valence-corrected chi connectivity index (χ4v) is 2.35. The Morgan fingerprint density at radius 3 is 2.88 bits per heavy atom. The summed E-state index contributed by atoms with van der Waals surface area (Å²) < 4.78 is 0. The van der Waals surface area contributed by atoms with Gasteiger partial charge >= 0.3 is 0 Å². The van der Waals surface area contributed by atoms with Gasteiger partial charge in [-0.3, -0.25) is 0 Å². The summed E-state index contributed by atoms with van der Waals surface area (Å²) in [5.74, 6) is 0.771. The van der Waals surface area contributed by atoms with Gasteiger partial charge in [0, 0.05) is 13.1 Å². The van der Waals surface area contributed by atoms with E-state index in [0.29, 0.717) is 16.3 Å². The molecule has 0 aromatic carbocycles. The summed E-state index contributed by atoms with van der Waals surface area (Å²) in [6.45, 7) is 6.47. The molecule has 1 aromatic rings. The van der Waals surface area contributed by atoms with Crippen molar-refractivity contribution in [2.45, 2.75) is 26.7 Å². The van der Waals surface area contributed by atoms with Crippen LogP contribution in [-0.2, 0) is 0 Å². The monoisotopic (exact) mass is 240 g/mol. The third-order valence-electron chi connectivity index (χ3n) is 3.01. The Hall–Kier alpha value is -1.03. The van der Waals surface area contributed by atoms with Gasteiger partial charge in [-0.05, 0) is 18.3 Å². The summed E-state index contributed by atoms with van der Waals surface area (Å²) >= 11 is 5.90. The van der Waals surface area contributed by atoms with Crippen molar-refractivity contribution in [1.82, 2.24) is 9.97 Å². The molecule has 1 aromatic heterocycles. The second kappa shape index (κ2) is 4.09. The van der Waals surface area contributed by atoms with Crippen LogP contribution in [0.25, 0.3) is 0 Å². The zero-order valence-corrected chi connectivity index (χ0v) is 10.5. The van der Waals surface area contributed by atoms with Crippen LogP contribution in [0.1, 0.15) is 26.7 Å². The zero-order valence-electron chi connectivity index (χ0n) is 9.70. The molecule has 1 aliphatic rings. The molecule has 1 saturated heterocycles. The maximum absolute atomic E-state index is 5.90.